The first-order valence-corrected chi connectivity index (χ1v) is 7.41. The highest BCUT2D eigenvalue weighted by molar-refractivity contribution is 7.80. The van der Waals surface area contributed by atoms with E-state index in [-0.39, 0.29) is 11.6 Å². The summed E-state index contributed by atoms with van der Waals surface area (Å²) in [6, 6.07) is 12.1. The normalized spacial score (nSPS) is 12.2. The number of benzene rings is 1. The largest absolute Gasteiger partial charge is 0.393 e. The number of nitrogens with zero attached hydrogens (tertiary/aromatic N) is 3. The Balaban J connectivity index is 2.28. The molecule has 3 aromatic rings. The van der Waals surface area contributed by atoms with Crippen LogP contribution in [0.2, 0.25) is 0 Å². The fourth-order valence-electron chi connectivity index (χ4n) is 2.54. The number of hydrogen-bond acceptors (Lipinski definition) is 4. The fourth-order valence-corrected chi connectivity index (χ4v) is 2.65. The number of fused-ring (bicyclic) bond motifs is 1. The molecule has 2 N–H and O–H groups in total. The van der Waals surface area contributed by atoms with E-state index in [1.165, 1.54) is 12.1 Å². The van der Waals surface area contributed by atoms with E-state index < -0.39 is 4.92 Å². The molecule has 6 nitrogen and oxygen atoms in total. The number of non-ortho nitro benzene ring substituents is 1. The molecule has 0 aliphatic heterocycles. The average molecular weight is 326 g/mol. The molecule has 0 aliphatic carbocycles. The monoisotopic (exact) mass is 326 g/mol. The topological polar surface area (TPSA) is 86.5 Å². The summed E-state index contributed by atoms with van der Waals surface area (Å²) in [5.41, 5.74) is 8.74. The molecule has 1 aromatic carbocycles. The van der Waals surface area contributed by atoms with Gasteiger partial charge in [0.1, 0.15) is 5.65 Å². The van der Waals surface area contributed by atoms with Gasteiger partial charge < -0.3 is 10.1 Å². The van der Waals surface area contributed by atoms with Gasteiger partial charge in [-0.3, -0.25) is 10.1 Å². The van der Waals surface area contributed by atoms with Crippen molar-refractivity contribution >= 4 is 28.5 Å². The number of pyridine rings is 1. The maximum atomic E-state index is 11.0. The lowest BCUT2D eigenvalue weighted by molar-refractivity contribution is -0.384. The summed E-state index contributed by atoms with van der Waals surface area (Å²) in [5, 5.41) is 11.0. The Morgan fingerprint density at radius 2 is 2.13 bits per heavy atom. The van der Waals surface area contributed by atoms with Gasteiger partial charge in [0, 0.05) is 29.8 Å². The van der Waals surface area contributed by atoms with Crippen molar-refractivity contribution in [2.75, 3.05) is 0 Å². The summed E-state index contributed by atoms with van der Waals surface area (Å²) in [6.07, 6.45) is 1.88. The van der Waals surface area contributed by atoms with Crippen LogP contribution in [0, 0.1) is 10.1 Å². The summed E-state index contributed by atoms with van der Waals surface area (Å²) in [5.74, 6) is -0.211. The van der Waals surface area contributed by atoms with Crippen LogP contribution in [0.3, 0.4) is 0 Å². The number of imidazole rings is 1. The maximum absolute atomic E-state index is 11.0. The zero-order valence-corrected chi connectivity index (χ0v) is 13.2. The van der Waals surface area contributed by atoms with Crippen LogP contribution in [0.5, 0.6) is 0 Å². The zero-order chi connectivity index (χ0) is 16.6. The molecule has 0 saturated heterocycles. The highest BCUT2D eigenvalue weighted by Crippen LogP contribution is 2.31. The summed E-state index contributed by atoms with van der Waals surface area (Å²) in [6.45, 7) is 1.90. The van der Waals surface area contributed by atoms with Crippen LogP contribution in [-0.4, -0.2) is 19.3 Å². The molecule has 0 fully saturated rings. The standard InChI is InChI=1S/C16H14N4O2S/c1-10(16(17)23)15-14(18-13-7-2-3-8-19(13)15)11-5-4-6-12(9-11)20(21)22/h2-10H,1H3,(H2,17,23). The molecule has 3 rings (SSSR count). The Labute approximate surface area is 137 Å². The summed E-state index contributed by atoms with van der Waals surface area (Å²) in [7, 11) is 0. The van der Waals surface area contributed by atoms with E-state index in [0.29, 0.717) is 16.2 Å². The van der Waals surface area contributed by atoms with Gasteiger partial charge >= 0.3 is 0 Å². The molecule has 1 unspecified atom stereocenters. The summed E-state index contributed by atoms with van der Waals surface area (Å²) < 4.78 is 1.91. The second-order valence-corrected chi connectivity index (χ2v) is 5.68. The van der Waals surface area contributed by atoms with E-state index in [2.05, 4.69) is 4.98 Å². The Bertz CT molecular complexity index is 919. The lowest BCUT2D eigenvalue weighted by Gasteiger charge is -2.12. The predicted octanol–water partition coefficient (Wildman–Crippen LogP) is 3.30. The van der Waals surface area contributed by atoms with E-state index in [0.717, 1.165) is 11.3 Å². The van der Waals surface area contributed by atoms with Gasteiger partial charge in [-0.1, -0.05) is 37.3 Å². The van der Waals surface area contributed by atoms with Crippen molar-refractivity contribution in [3.63, 3.8) is 0 Å². The molecular formula is C16H14N4O2S. The van der Waals surface area contributed by atoms with Gasteiger partial charge in [0.2, 0.25) is 0 Å². The lowest BCUT2D eigenvalue weighted by atomic mass is 10.0. The van der Waals surface area contributed by atoms with Gasteiger partial charge in [0.05, 0.1) is 21.3 Å². The van der Waals surface area contributed by atoms with Crippen molar-refractivity contribution in [2.24, 2.45) is 5.73 Å². The van der Waals surface area contributed by atoms with Crippen LogP contribution >= 0.6 is 12.2 Å². The molecule has 0 bridgehead atoms. The molecule has 0 amide bonds. The van der Waals surface area contributed by atoms with Crippen LogP contribution in [-0.2, 0) is 0 Å². The minimum absolute atomic E-state index is 0.0217. The third-order valence-electron chi connectivity index (χ3n) is 3.73. The van der Waals surface area contributed by atoms with E-state index in [9.17, 15) is 10.1 Å². The van der Waals surface area contributed by atoms with Crippen LogP contribution in [0.15, 0.2) is 48.7 Å². The summed E-state index contributed by atoms with van der Waals surface area (Å²) >= 11 is 5.13. The number of rotatable bonds is 4. The Morgan fingerprint density at radius 3 is 2.83 bits per heavy atom. The number of nitrogens with two attached hydrogens (primary N) is 1. The molecule has 0 spiro atoms. The Kier molecular flexibility index (Phi) is 3.79. The van der Waals surface area contributed by atoms with Crippen molar-refractivity contribution in [1.82, 2.24) is 9.38 Å². The lowest BCUT2D eigenvalue weighted by Crippen LogP contribution is -2.18. The molecule has 0 radical (unpaired) electrons. The molecule has 116 valence electrons. The van der Waals surface area contributed by atoms with Crippen LogP contribution in [0.25, 0.3) is 16.9 Å². The molecule has 7 heteroatoms. The quantitative estimate of drug-likeness (QED) is 0.451. The van der Waals surface area contributed by atoms with Gasteiger partial charge in [-0.2, -0.15) is 0 Å². The molecule has 0 aliphatic rings. The van der Waals surface area contributed by atoms with Gasteiger partial charge in [-0.15, -0.1) is 0 Å². The second kappa shape index (κ2) is 5.77. The van der Waals surface area contributed by atoms with Crippen molar-refractivity contribution < 1.29 is 4.92 Å². The van der Waals surface area contributed by atoms with Crippen molar-refractivity contribution in [3.05, 3.63) is 64.5 Å². The molecule has 2 heterocycles. The van der Waals surface area contributed by atoms with Gasteiger partial charge in [0.15, 0.2) is 0 Å². The van der Waals surface area contributed by atoms with Gasteiger partial charge in [0.25, 0.3) is 5.69 Å². The second-order valence-electron chi connectivity index (χ2n) is 5.21. The smallest absolute Gasteiger partial charge is 0.270 e. The third-order valence-corrected chi connectivity index (χ3v) is 4.09. The van der Waals surface area contributed by atoms with E-state index >= 15 is 0 Å². The first kappa shape index (κ1) is 15.1. The van der Waals surface area contributed by atoms with Crippen molar-refractivity contribution in [3.8, 4) is 11.3 Å². The van der Waals surface area contributed by atoms with Crippen molar-refractivity contribution in [2.45, 2.75) is 12.8 Å². The Hall–Kier alpha value is -2.80. The minimum atomic E-state index is -0.421. The molecule has 1 atom stereocenters. The van der Waals surface area contributed by atoms with Crippen LogP contribution in [0.4, 0.5) is 5.69 Å². The predicted molar refractivity (Wildman–Crippen MR) is 92.5 cm³/mol. The zero-order valence-electron chi connectivity index (χ0n) is 12.3. The van der Waals surface area contributed by atoms with Crippen LogP contribution < -0.4 is 5.73 Å². The first-order valence-electron chi connectivity index (χ1n) is 7.00. The maximum Gasteiger partial charge on any atom is 0.270 e. The third kappa shape index (κ3) is 2.66. The van der Waals surface area contributed by atoms with E-state index in [1.54, 1.807) is 12.1 Å². The average Bonchev–Trinajstić information content (AvgIpc) is 2.93. The highest BCUT2D eigenvalue weighted by Gasteiger charge is 2.22. The van der Waals surface area contributed by atoms with Gasteiger partial charge in [-0.05, 0) is 12.1 Å². The number of thiocarbonyl (C=S) groups is 1. The SMILES string of the molecule is CC(C(N)=S)c1c(-c2cccc([N+](=O)[O-])c2)nc2ccccn12. The number of nitro groups is 1. The highest BCUT2D eigenvalue weighted by atomic mass is 32.1. The molecular weight excluding hydrogens is 312 g/mol. The summed E-state index contributed by atoms with van der Waals surface area (Å²) in [4.78, 5) is 15.6. The number of hydrogen-bond donors (Lipinski definition) is 1. The van der Waals surface area contributed by atoms with Crippen molar-refractivity contribution in [1.29, 1.82) is 0 Å². The number of nitro benzene ring substituents is 1. The van der Waals surface area contributed by atoms with Crippen LogP contribution in [0.1, 0.15) is 18.5 Å². The van der Waals surface area contributed by atoms with Gasteiger partial charge in [-0.25, -0.2) is 4.98 Å². The minimum Gasteiger partial charge on any atom is -0.393 e. The number of aromatic nitrogens is 2. The van der Waals surface area contributed by atoms with E-state index in [4.69, 9.17) is 18.0 Å². The molecule has 23 heavy (non-hydrogen) atoms. The fraction of sp³-hybridized carbons (Fsp3) is 0.125. The first-order chi connectivity index (χ1) is 11.0. The molecule has 0 saturated carbocycles. The molecule has 2 aromatic heterocycles. The Morgan fingerprint density at radius 1 is 1.35 bits per heavy atom. The van der Waals surface area contributed by atoms with E-state index in [1.807, 2.05) is 35.7 Å².